The van der Waals surface area contributed by atoms with Crippen molar-refractivity contribution in [1.82, 2.24) is 10.1 Å². The van der Waals surface area contributed by atoms with E-state index >= 15 is 0 Å². The lowest BCUT2D eigenvalue weighted by molar-refractivity contribution is -0.148. The number of carbonyl (C=O) groups excluding carboxylic acids is 1. The molecular weight excluding hydrogens is 379 g/mol. The van der Waals surface area contributed by atoms with Crippen LogP contribution in [-0.4, -0.2) is 29.8 Å². The van der Waals surface area contributed by atoms with E-state index in [0.29, 0.717) is 17.1 Å². The van der Waals surface area contributed by atoms with Crippen LogP contribution in [0, 0.1) is 5.82 Å². The summed E-state index contributed by atoms with van der Waals surface area (Å²) in [6, 6.07) is 11.0. The first-order valence-electron chi connectivity index (χ1n) is 8.76. The minimum absolute atomic E-state index is 0.117. The summed E-state index contributed by atoms with van der Waals surface area (Å²) in [5.41, 5.74) is 1.54. The molecule has 0 saturated heterocycles. The van der Waals surface area contributed by atoms with Gasteiger partial charge in [-0.25, -0.2) is 9.18 Å². The number of hydrogen-bond acceptors (Lipinski definition) is 7. The first-order chi connectivity index (χ1) is 14.1. The summed E-state index contributed by atoms with van der Waals surface area (Å²) in [5.74, 6) is 0.359. The summed E-state index contributed by atoms with van der Waals surface area (Å²) >= 11 is 0. The largest absolute Gasteiger partial charge is 0.493 e. The van der Waals surface area contributed by atoms with E-state index in [-0.39, 0.29) is 30.7 Å². The number of benzene rings is 2. The fourth-order valence-corrected chi connectivity index (χ4v) is 2.45. The highest BCUT2D eigenvalue weighted by Crippen LogP contribution is 2.28. The number of rotatable bonds is 8. The maximum atomic E-state index is 13.0. The average molecular weight is 398 g/mol. The van der Waals surface area contributed by atoms with E-state index in [1.165, 1.54) is 31.4 Å². The fraction of sp³-hybridized carbons (Fsp3) is 0.190. The molecule has 1 heterocycles. The Morgan fingerprint density at radius 1 is 1.17 bits per heavy atom. The van der Waals surface area contributed by atoms with Gasteiger partial charge in [0.15, 0.2) is 24.7 Å². The molecule has 0 unspecified atom stereocenters. The maximum absolute atomic E-state index is 13.0. The molecule has 0 radical (unpaired) electrons. The van der Waals surface area contributed by atoms with Crippen LogP contribution in [-0.2, 0) is 16.1 Å². The van der Waals surface area contributed by atoms with E-state index in [1.807, 2.05) is 25.1 Å². The molecule has 0 atom stereocenters. The van der Waals surface area contributed by atoms with Gasteiger partial charge in [-0.3, -0.25) is 0 Å². The van der Waals surface area contributed by atoms with Gasteiger partial charge in [-0.2, -0.15) is 4.98 Å². The van der Waals surface area contributed by atoms with Crippen LogP contribution in [0.1, 0.15) is 18.4 Å². The summed E-state index contributed by atoms with van der Waals surface area (Å²) < 4.78 is 33.8. The lowest BCUT2D eigenvalue weighted by Crippen LogP contribution is -2.15. The Hall–Kier alpha value is -3.68. The van der Waals surface area contributed by atoms with Crippen molar-refractivity contribution in [3.63, 3.8) is 0 Å². The van der Waals surface area contributed by atoms with Crippen molar-refractivity contribution in [3.8, 4) is 22.9 Å². The minimum atomic E-state index is -0.605. The van der Waals surface area contributed by atoms with E-state index in [1.54, 1.807) is 12.1 Å². The van der Waals surface area contributed by atoms with Gasteiger partial charge in [0.05, 0.1) is 7.11 Å². The van der Waals surface area contributed by atoms with Gasteiger partial charge in [-0.15, -0.1) is 0 Å². The summed E-state index contributed by atoms with van der Waals surface area (Å²) in [6.45, 7) is 1.41. The number of nitrogens with zero attached hydrogens (tertiary/aromatic N) is 2. The molecule has 0 amide bonds. The lowest BCUT2D eigenvalue weighted by Gasteiger charge is -2.10. The first-order valence-corrected chi connectivity index (χ1v) is 8.76. The third-order valence-corrected chi connectivity index (χ3v) is 3.82. The van der Waals surface area contributed by atoms with E-state index in [9.17, 15) is 9.18 Å². The quantitative estimate of drug-likeness (QED) is 0.530. The number of esters is 1. The number of methoxy groups -OCH3 is 1. The number of halogens is 1. The van der Waals surface area contributed by atoms with Crippen molar-refractivity contribution in [3.05, 3.63) is 65.8 Å². The predicted octanol–water partition coefficient (Wildman–Crippen LogP) is 4.04. The van der Waals surface area contributed by atoms with Crippen molar-refractivity contribution in [1.29, 1.82) is 0 Å². The Bertz CT molecular complexity index is 999. The summed E-state index contributed by atoms with van der Waals surface area (Å²) in [7, 11) is 1.52. The Morgan fingerprint density at radius 3 is 2.69 bits per heavy atom. The van der Waals surface area contributed by atoms with Crippen LogP contribution in [0.5, 0.6) is 11.5 Å². The molecule has 29 heavy (non-hydrogen) atoms. The SMILES string of the molecule is C/C=C/c1ccc(OCC(=O)OCc2nc(-c3ccc(F)cc3)no2)c(OC)c1. The Balaban J connectivity index is 1.52. The van der Waals surface area contributed by atoms with Gasteiger partial charge in [-0.05, 0) is 48.9 Å². The summed E-state index contributed by atoms with van der Waals surface area (Å²) in [5, 5.41) is 3.78. The predicted molar refractivity (Wildman–Crippen MR) is 103 cm³/mol. The molecule has 150 valence electrons. The van der Waals surface area contributed by atoms with E-state index < -0.39 is 5.97 Å². The molecule has 3 rings (SSSR count). The molecule has 2 aromatic carbocycles. The number of ether oxygens (including phenoxy) is 3. The van der Waals surface area contributed by atoms with E-state index in [4.69, 9.17) is 18.7 Å². The smallest absolute Gasteiger partial charge is 0.344 e. The maximum Gasteiger partial charge on any atom is 0.344 e. The highest BCUT2D eigenvalue weighted by molar-refractivity contribution is 5.71. The molecule has 0 bridgehead atoms. The van der Waals surface area contributed by atoms with Crippen LogP contribution in [0.15, 0.2) is 53.1 Å². The average Bonchev–Trinajstić information content (AvgIpc) is 3.21. The molecular formula is C21H19FN2O5. The second-order valence-electron chi connectivity index (χ2n) is 5.88. The molecule has 3 aromatic rings. The standard InChI is InChI=1S/C21H19FN2O5/c1-3-4-14-5-10-17(18(11-14)26-2)27-13-20(25)28-12-19-23-21(24-29-19)15-6-8-16(22)9-7-15/h3-11H,12-13H2,1-2H3/b4-3+. The first kappa shape index (κ1) is 20.1. The number of hydrogen-bond donors (Lipinski definition) is 0. The molecule has 0 fully saturated rings. The van der Waals surface area contributed by atoms with Crippen LogP contribution in [0.4, 0.5) is 4.39 Å². The van der Waals surface area contributed by atoms with Crippen LogP contribution in [0.25, 0.3) is 17.5 Å². The summed E-state index contributed by atoms with van der Waals surface area (Å²) in [4.78, 5) is 16.1. The van der Waals surface area contributed by atoms with Gasteiger partial charge >= 0.3 is 5.97 Å². The zero-order valence-corrected chi connectivity index (χ0v) is 15.9. The Kier molecular flexibility index (Phi) is 6.57. The highest BCUT2D eigenvalue weighted by Gasteiger charge is 2.13. The fourth-order valence-electron chi connectivity index (χ4n) is 2.45. The van der Waals surface area contributed by atoms with E-state index in [0.717, 1.165) is 5.56 Å². The van der Waals surface area contributed by atoms with Crippen LogP contribution in [0.2, 0.25) is 0 Å². The molecule has 0 aliphatic rings. The monoisotopic (exact) mass is 398 g/mol. The molecule has 0 N–H and O–H groups in total. The molecule has 0 aliphatic heterocycles. The normalized spacial score (nSPS) is 10.9. The number of aromatic nitrogens is 2. The highest BCUT2D eigenvalue weighted by atomic mass is 19.1. The molecule has 0 saturated carbocycles. The molecule has 1 aromatic heterocycles. The van der Waals surface area contributed by atoms with Crippen LogP contribution >= 0.6 is 0 Å². The molecule has 8 heteroatoms. The summed E-state index contributed by atoms with van der Waals surface area (Å²) in [6.07, 6.45) is 3.83. The van der Waals surface area contributed by atoms with Crippen molar-refractivity contribution >= 4 is 12.0 Å². The van der Waals surface area contributed by atoms with Gasteiger partial charge in [0, 0.05) is 5.56 Å². The second kappa shape index (κ2) is 9.50. The van der Waals surface area contributed by atoms with Crippen molar-refractivity contribution < 1.29 is 27.9 Å². The van der Waals surface area contributed by atoms with E-state index in [2.05, 4.69) is 10.1 Å². The Labute approximate surface area is 166 Å². The number of carbonyl (C=O) groups is 1. The Morgan fingerprint density at radius 2 is 1.97 bits per heavy atom. The van der Waals surface area contributed by atoms with Crippen molar-refractivity contribution in [2.45, 2.75) is 13.5 Å². The molecule has 7 nitrogen and oxygen atoms in total. The zero-order valence-electron chi connectivity index (χ0n) is 15.9. The van der Waals surface area contributed by atoms with Gasteiger partial charge in [0.1, 0.15) is 5.82 Å². The third-order valence-electron chi connectivity index (χ3n) is 3.82. The van der Waals surface area contributed by atoms with Crippen molar-refractivity contribution in [2.24, 2.45) is 0 Å². The molecule has 0 spiro atoms. The third kappa shape index (κ3) is 5.41. The lowest BCUT2D eigenvalue weighted by atomic mass is 10.2. The van der Waals surface area contributed by atoms with Crippen LogP contribution in [0.3, 0.4) is 0 Å². The van der Waals surface area contributed by atoms with Gasteiger partial charge in [0.2, 0.25) is 5.82 Å². The number of allylic oxidation sites excluding steroid dienone is 1. The molecule has 0 aliphatic carbocycles. The van der Waals surface area contributed by atoms with Crippen molar-refractivity contribution in [2.75, 3.05) is 13.7 Å². The van der Waals surface area contributed by atoms with Crippen LogP contribution < -0.4 is 9.47 Å². The van der Waals surface area contributed by atoms with Gasteiger partial charge < -0.3 is 18.7 Å². The topological polar surface area (TPSA) is 83.7 Å². The zero-order chi connectivity index (χ0) is 20.6. The minimum Gasteiger partial charge on any atom is -0.493 e. The second-order valence-corrected chi connectivity index (χ2v) is 5.88. The van der Waals surface area contributed by atoms with Gasteiger partial charge in [0.25, 0.3) is 5.89 Å². The van der Waals surface area contributed by atoms with Gasteiger partial charge in [-0.1, -0.05) is 23.4 Å².